The number of allylic oxidation sites excluding steroid dienone is 1. The van der Waals surface area contributed by atoms with E-state index in [0.717, 1.165) is 65.3 Å². The minimum absolute atomic E-state index is 0.161. The van der Waals surface area contributed by atoms with Crippen LogP contribution in [0.1, 0.15) is 51.9 Å². The van der Waals surface area contributed by atoms with Crippen molar-refractivity contribution in [2.75, 3.05) is 6.54 Å². The Morgan fingerprint density at radius 2 is 1.73 bits per heavy atom. The number of fused-ring (bicyclic) bond motifs is 2. The molecule has 0 amide bonds. The first-order valence-corrected chi connectivity index (χ1v) is 14.3. The van der Waals surface area contributed by atoms with Crippen LogP contribution in [0.4, 0.5) is 0 Å². The Hall–Kier alpha value is -4.32. The summed E-state index contributed by atoms with van der Waals surface area (Å²) in [7, 11) is 0. The van der Waals surface area contributed by atoms with E-state index in [9.17, 15) is 0 Å². The third-order valence-electron chi connectivity index (χ3n) is 8.25. The molecule has 0 saturated carbocycles. The lowest BCUT2D eigenvalue weighted by atomic mass is 9.99. The Morgan fingerprint density at radius 3 is 2.50 bits per heavy atom. The summed E-state index contributed by atoms with van der Waals surface area (Å²) in [6.07, 6.45) is 6.82. The highest BCUT2D eigenvalue weighted by Gasteiger charge is 2.33. The molecule has 0 spiro atoms. The number of imidazole rings is 2. The molecule has 0 aliphatic carbocycles. The Bertz CT molecular complexity index is 1690. The molecule has 1 fully saturated rings. The largest absolute Gasteiger partial charge is 0.380 e. The van der Waals surface area contributed by atoms with E-state index in [0.29, 0.717) is 5.92 Å². The number of aromatic amines is 2. The van der Waals surface area contributed by atoms with E-state index < -0.39 is 0 Å². The molecule has 40 heavy (non-hydrogen) atoms. The van der Waals surface area contributed by atoms with Crippen molar-refractivity contribution in [2.24, 2.45) is 5.92 Å². The lowest BCUT2D eigenvalue weighted by Gasteiger charge is -2.35. The molecule has 6 nitrogen and oxygen atoms in total. The highest BCUT2D eigenvalue weighted by Crippen LogP contribution is 2.36. The Kier molecular flexibility index (Phi) is 6.93. The van der Waals surface area contributed by atoms with Crippen molar-refractivity contribution >= 4 is 21.8 Å². The molecular weight excluding hydrogens is 492 g/mol. The van der Waals surface area contributed by atoms with Gasteiger partial charge in [-0.25, -0.2) is 9.97 Å². The molecule has 2 aromatic heterocycles. The summed E-state index contributed by atoms with van der Waals surface area (Å²) in [4.78, 5) is 18.5. The molecule has 0 unspecified atom stereocenters. The summed E-state index contributed by atoms with van der Waals surface area (Å²) >= 11 is 0. The van der Waals surface area contributed by atoms with E-state index in [1.807, 2.05) is 6.20 Å². The van der Waals surface area contributed by atoms with Gasteiger partial charge in [0.2, 0.25) is 0 Å². The van der Waals surface area contributed by atoms with Gasteiger partial charge in [0.15, 0.2) is 0 Å². The van der Waals surface area contributed by atoms with Crippen LogP contribution < -0.4 is 5.32 Å². The maximum absolute atomic E-state index is 4.86. The lowest BCUT2D eigenvalue weighted by Crippen LogP contribution is -2.41. The van der Waals surface area contributed by atoms with Crippen LogP contribution in [0.2, 0.25) is 0 Å². The fourth-order valence-corrected chi connectivity index (χ4v) is 5.89. The normalized spacial score (nSPS) is 16.2. The number of hydrogen-bond donors (Lipinski definition) is 3. The average Bonchev–Trinajstić information content (AvgIpc) is 3.75. The predicted molar refractivity (Wildman–Crippen MR) is 166 cm³/mol. The second-order valence-corrected chi connectivity index (χ2v) is 11.3. The predicted octanol–water partition coefficient (Wildman–Crippen LogP) is 7.96. The molecule has 5 aromatic rings. The number of nitrogens with one attached hydrogen (secondary N) is 3. The smallest absolute Gasteiger partial charge is 0.129 e. The van der Waals surface area contributed by atoms with Crippen molar-refractivity contribution in [3.63, 3.8) is 0 Å². The standard InChI is InChI=1S/C34H38N6/c1-6-22(4)38-33(21(2)3)23(5)40-15-7-8-32(40)34-35-19-31(39-34)28-12-11-24-16-25(9-10-26(24)17-28)27-13-14-29-30(18-27)37-20-36-29/h9-14,16-21,32-33,38H,4-8,15H2,1-3H3,(H,35,39)(H,36,37)/t32-,33-/m0/s1. The van der Waals surface area contributed by atoms with Gasteiger partial charge in [0.25, 0.3) is 0 Å². The zero-order chi connectivity index (χ0) is 27.8. The van der Waals surface area contributed by atoms with Crippen LogP contribution in [0.5, 0.6) is 0 Å². The molecule has 6 rings (SSSR count). The molecule has 3 heterocycles. The van der Waals surface area contributed by atoms with E-state index in [1.54, 1.807) is 6.33 Å². The zero-order valence-corrected chi connectivity index (χ0v) is 23.7. The average molecular weight is 531 g/mol. The number of aromatic nitrogens is 4. The summed E-state index contributed by atoms with van der Waals surface area (Å²) < 4.78 is 0. The fourth-order valence-electron chi connectivity index (χ4n) is 5.89. The van der Waals surface area contributed by atoms with Crippen molar-refractivity contribution in [2.45, 2.75) is 52.1 Å². The summed E-state index contributed by atoms with van der Waals surface area (Å²) in [5.41, 5.74) is 8.77. The topological polar surface area (TPSA) is 72.6 Å². The van der Waals surface area contributed by atoms with Crippen molar-refractivity contribution in [3.8, 4) is 22.4 Å². The van der Waals surface area contributed by atoms with Gasteiger partial charge in [-0.05, 0) is 71.3 Å². The van der Waals surface area contributed by atoms with E-state index in [1.165, 1.54) is 21.9 Å². The number of H-pyrrole nitrogens is 2. The van der Waals surface area contributed by atoms with Gasteiger partial charge >= 0.3 is 0 Å². The number of benzene rings is 3. The van der Waals surface area contributed by atoms with Crippen molar-refractivity contribution in [1.29, 1.82) is 0 Å². The maximum atomic E-state index is 4.86. The SMILES string of the molecule is C=C(CC)N[C@H](C(=C)N1CCC[C@H]1c1ncc(-c2ccc3cc(-c4ccc5nc[nH]c5c4)ccc3c2)[nH]1)C(C)C. The molecule has 1 saturated heterocycles. The summed E-state index contributed by atoms with van der Waals surface area (Å²) in [5.74, 6) is 1.42. The molecule has 1 aliphatic heterocycles. The molecule has 3 N–H and O–H groups in total. The number of nitrogens with zero attached hydrogens (tertiary/aromatic N) is 3. The molecule has 2 atom stereocenters. The molecule has 1 aliphatic rings. The minimum atomic E-state index is 0.161. The van der Waals surface area contributed by atoms with Crippen LogP contribution in [0.15, 0.2) is 91.7 Å². The van der Waals surface area contributed by atoms with E-state index in [2.05, 4.69) is 114 Å². The summed E-state index contributed by atoms with van der Waals surface area (Å²) in [6, 6.07) is 20.0. The van der Waals surface area contributed by atoms with Gasteiger partial charge in [0.05, 0.1) is 41.3 Å². The first-order chi connectivity index (χ1) is 19.4. The highest BCUT2D eigenvalue weighted by molar-refractivity contribution is 5.91. The Labute approximate surface area is 236 Å². The van der Waals surface area contributed by atoms with Crippen LogP contribution in [-0.2, 0) is 0 Å². The van der Waals surface area contributed by atoms with Gasteiger partial charge in [0.1, 0.15) is 5.82 Å². The number of hydrogen-bond acceptors (Lipinski definition) is 4. The van der Waals surface area contributed by atoms with E-state index in [4.69, 9.17) is 4.98 Å². The third kappa shape index (κ3) is 4.90. The van der Waals surface area contributed by atoms with E-state index in [-0.39, 0.29) is 12.1 Å². The van der Waals surface area contributed by atoms with Crippen LogP contribution in [0, 0.1) is 5.92 Å². The zero-order valence-electron chi connectivity index (χ0n) is 23.7. The van der Waals surface area contributed by atoms with Crippen LogP contribution in [-0.4, -0.2) is 37.4 Å². The fraction of sp³-hybridized carbons (Fsp3) is 0.294. The third-order valence-corrected chi connectivity index (χ3v) is 8.25. The first-order valence-electron chi connectivity index (χ1n) is 14.3. The molecule has 204 valence electrons. The minimum Gasteiger partial charge on any atom is -0.380 e. The van der Waals surface area contributed by atoms with Gasteiger partial charge in [-0.15, -0.1) is 0 Å². The molecule has 0 radical (unpaired) electrons. The Balaban J connectivity index is 1.23. The second kappa shape index (κ2) is 10.7. The molecule has 0 bridgehead atoms. The van der Waals surface area contributed by atoms with Gasteiger partial charge in [0, 0.05) is 23.5 Å². The highest BCUT2D eigenvalue weighted by atomic mass is 15.2. The first kappa shape index (κ1) is 25.9. The molecular formula is C34H38N6. The number of rotatable bonds is 9. The van der Waals surface area contributed by atoms with Gasteiger partial charge in [-0.3, -0.25) is 0 Å². The lowest BCUT2D eigenvalue weighted by molar-refractivity contribution is 0.270. The Morgan fingerprint density at radius 1 is 1.00 bits per heavy atom. The quantitative estimate of drug-likeness (QED) is 0.181. The van der Waals surface area contributed by atoms with Gasteiger partial charge in [-0.1, -0.05) is 64.3 Å². The van der Waals surface area contributed by atoms with Crippen molar-refractivity contribution in [1.82, 2.24) is 30.2 Å². The molecule has 3 aromatic carbocycles. The van der Waals surface area contributed by atoms with Crippen LogP contribution in [0.25, 0.3) is 44.2 Å². The van der Waals surface area contributed by atoms with Crippen LogP contribution in [0.3, 0.4) is 0 Å². The van der Waals surface area contributed by atoms with Crippen molar-refractivity contribution < 1.29 is 0 Å². The van der Waals surface area contributed by atoms with E-state index >= 15 is 0 Å². The number of likely N-dealkylation sites (tertiary alicyclic amines) is 1. The van der Waals surface area contributed by atoms with Crippen LogP contribution >= 0.6 is 0 Å². The summed E-state index contributed by atoms with van der Waals surface area (Å²) in [5, 5.41) is 6.03. The van der Waals surface area contributed by atoms with Gasteiger partial charge < -0.3 is 20.2 Å². The summed E-state index contributed by atoms with van der Waals surface area (Å²) in [6.45, 7) is 16.3. The van der Waals surface area contributed by atoms with Gasteiger partial charge in [-0.2, -0.15) is 0 Å². The second-order valence-electron chi connectivity index (χ2n) is 11.3. The maximum Gasteiger partial charge on any atom is 0.129 e. The molecule has 6 heteroatoms. The monoisotopic (exact) mass is 530 g/mol. The van der Waals surface area contributed by atoms with Crippen molar-refractivity contribution in [3.05, 3.63) is 97.5 Å².